The van der Waals surface area contributed by atoms with Crippen LogP contribution < -0.4 is 0 Å². The Morgan fingerprint density at radius 1 is 1.00 bits per heavy atom. The Morgan fingerprint density at radius 3 is 2.41 bits per heavy atom. The van der Waals surface area contributed by atoms with Crippen molar-refractivity contribution in [3.63, 3.8) is 0 Å². The van der Waals surface area contributed by atoms with Gasteiger partial charge in [0.25, 0.3) is 0 Å². The largest absolute Gasteiger partial charge is 0.457 e. The number of ether oxygens (including phenoxy) is 1. The lowest BCUT2D eigenvalue weighted by Crippen LogP contribution is -2.56. The summed E-state index contributed by atoms with van der Waals surface area (Å²) in [5, 5.41) is 2.10. The summed E-state index contributed by atoms with van der Waals surface area (Å²) in [6.45, 7) is -0.191. The molecule has 4 atom stereocenters. The minimum absolute atomic E-state index is 0.153. The molecular formula is C23H23ClO3. The molecule has 4 fully saturated rings. The topological polar surface area (TPSA) is 43.4 Å². The van der Waals surface area contributed by atoms with Gasteiger partial charge in [-0.15, -0.1) is 11.6 Å². The molecular weight excluding hydrogens is 360 g/mol. The molecule has 0 spiro atoms. The maximum Gasteiger partial charge on any atom is 0.312 e. The lowest BCUT2D eigenvalue weighted by Gasteiger charge is -2.58. The molecule has 2 unspecified atom stereocenters. The maximum atomic E-state index is 13.0. The van der Waals surface area contributed by atoms with Crippen LogP contribution in [0.15, 0.2) is 42.5 Å². The number of hydrogen-bond donors (Lipinski definition) is 0. The van der Waals surface area contributed by atoms with Crippen molar-refractivity contribution in [2.45, 2.75) is 43.4 Å². The van der Waals surface area contributed by atoms with E-state index >= 15 is 0 Å². The second-order valence-corrected chi connectivity index (χ2v) is 9.76. The molecule has 0 aliphatic heterocycles. The molecule has 2 aromatic rings. The molecule has 3 nitrogen and oxygen atoms in total. The molecule has 0 amide bonds. The van der Waals surface area contributed by atoms with Gasteiger partial charge >= 0.3 is 5.97 Å². The van der Waals surface area contributed by atoms with Crippen LogP contribution in [0.3, 0.4) is 0 Å². The summed E-state index contributed by atoms with van der Waals surface area (Å²) in [6.07, 6.45) is 5.70. The van der Waals surface area contributed by atoms with Crippen molar-refractivity contribution in [3.05, 3.63) is 48.0 Å². The highest BCUT2D eigenvalue weighted by atomic mass is 35.5. The Morgan fingerprint density at radius 2 is 1.70 bits per heavy atom. The molecule has 0 heterocycles. The number of esters is 1. The Balaban J connectivity index is 1.29. The first-order valence-corrected chi connectivity index (χ1v) is 10.2. The third-order valence-corrected chi connectivity index (χ3v) is 7.27. The summed E-state index contributed by atoms with van der Waals surface area (Å²) in [6, 6.07) is 13.5. The predicted molar refractivity (Wildman–Crippen MR) is 105 cm³/mol. The molecule has 4 aliphatic rings. The van der Waals surface area contributed by atoms with Crippen LogP contribution in [0.5, 0.6) is 0 Å². The molecule has 0 saturated heterocycles. The first-order valence-electron chi connectivity index (χ1n) is 9.83. The van der Waals surface area contributed by atoms with E-state index in [-0.39, 0.29) is 23.2 Å². The van der Waals surface area contributed by atoms with Gasteiger partial charge in [-0.25, -0.2) is 0 Å². The number of benzene rings is 2. The highest BCUT2D eigenvalue weighted by Gasteiger charge is 2.60. The quantitative estimate of drug-likeness (QED) is 0.417. The third-order valence-electron chi connectivity index (χ3n) is 6.83. The molecule has 0 aromatic heterocycles. The van der Waals surface area contributed by atoms with E-state index in [1.807, 2.05) is 36.4 Å². The molecule has 4 saturated carbocycles. The number of fused-ring (bicyclic) bond motifs is 1. The summed E-state index contributed by atoms with van der Waals surface area (Å²) in [5.41, 5.74) is 0.121. The highest BCUT2D eigenvalue weighted by Crippen LogP contribution is 2.64. The van der Waals surface area contributed by atoms with Crippen LogP contribution in [-0.2, 0) is 9.53 Å². The van der Waals surface area contributed by atoms with Gasteiger partial charge in [-0.1, -0.05) is 36.4 Å². The second-order valence-electron chi connectivity index (χ2n) is 8.95. The normalized spacial score (nSPS) is 34.0. The molecule has 27 heavy (non-hydrogen) atoms. The summed E-state index contributed by atoms with van der Waals surface area (Å²) in [4.78, 5) is 25.3. The predicted octanol–water partition coefficient (Wildman–Crippen LogP) is 5.14. The molecule has 0 radical (unpaired) electrons. The van der Waals surface area contributed by atoms with Crippen LogP contribution in [0.4, 0.5) is 0 Å². The van der Waals surface area contributed by atoms with Gasteiger partial charge in [-0.3, -0.25) is 9.59 Å². The van der Waals surface area contributed by atoms with Gasteiger partial charge in [-0.2, -0.15) is 0 Å². The van der Waals surface area contributed by atoms with Crippen molar-refractivity contribution in [1.29, 1.82) is 0 Å². The summed E-state index contributed by atoms with van der Waals surface area (Å²) in [5.74, 6) is 0.704. The Kier molecular flexibility index (Phi) is 3.87. The van der Waals surface area contributed by atoms with Gasteiger partial charge in [0.2, 0.25) is 0 Å². The number of rotatable bonds is 4. The number of ketones is 1. The van der Waals surface area contributed by atoms with Crippen LogP contribution in [0.1, 0.15) is 48.9 Å². The van der Waals surface area contributed by atoms with Crippen LogP contribution >= 0.6 is 11.6 Å². The number of Topliss-reactive ketones (excluding diaryl/α,β-unsaturated/α-hetero) is 1. The SMILES string of the molecule is O=C(COC(=O)C12C[C@@H]3C[C@@H](CC(Cl)(C3)C1)C2)c1ccc2ccccc2c1. The van der Waals surface area contributed by atoms with Crippen LogP contribution in [-0.4, -0.2) is 23.2 Å². The van der Waals surface area contributed by atoms with Crippen molar-refractivity contribution in [1.82, 2.24) is 0 Å². The first-order chi connectivity index (χ1) is 12.9. The van der Waals surface area contributed by atoms with E-state index in [4.69, 9.17) is 16.3 Å². The highest BCUT2D eigenvalue weighted by molar-refractivity contribution is 6.24. The van der Waals surface area contributed by atoms with E-state index < -0.39 is 5.41 Å². The van der Waals surface area contributed by atoms with Gasteiger partial charge in [0.05, 0.1) is 5.41 Å². The first kappa shape index (κ1) is 17.2. The van der Waals surface area contributed by atoms with Gasteiger partial charge in [0.1, 0.15) is 0 Å². The number of halogens is 1. The van der Waals surface area contributed by atoms with Gasteiger partial charge < -0.3 is 4.74 Å². The number of alkyl halides is 1. The van der Waals surface area contributed by atoms with E-state index in [0.29, 0.717) is 23.8 Å². The van der Waals surface area contributed by atoms with Crippen LogP contribution in [0, 0.1) is 17.3 Å². The average molecular weight is 383 g/mol. The standard InChI is InChI=1S/C23H23ClO3/c24-23-11-15-7-16(12-23)10-22(9-15,14-23)21(26)27-13-20(25)19-6-5-17-3-1-2-4-18(17)8-19/h1-6,8,15-16H,7,9-14H2/t15-,16+,22?,23?. The monoisotopic (exact) mass is 382 g/mol. The maximum absolute atomic E-state index is 13.0. The number of hydrogen-bond acceptors (Lipinski definition) is 3. The van der Waals surface area contributed by atoms with Gasteiger partial charge in [-0.05, 0) is 67.2 Å². The van der Waals surface area contributed by atoms with Crippen molar-refractivity contribution in [3.8, 4) is 0 Å². The van der Waals surface area contributed by atoms with Gasteiger partial charge in [0, 0.05) is 10.4 Å². The van der Waals surface area contributed by atoms with E-state index in [0.717, 1.165) is 36.5 Å². The number of carbonyl (C=O) groups excluding carboxylic acids is 2. The molecule has 4 heteroatoms. The van der Waals surface area contributed by atoms with Crippen molar-refractivity contribution < 1.29 is 14.3 Å². The van der Waals surface area contributed by atoms with Crippen molar-refractivity contribution in [2.24, 2.45) is 17.3 Å². The van der Waals surface area contributed by atoms with E-state index in [1.54, 1.807) is 6.07 Å². The zero-order valence-corrected chi connectivity index (χ0v) is 16.0. The summed E-state index contributed by atoms with van der Waals surface area (Å²) >= 11 is 6.80. The van der Waals surface area contributed by atoms with Crippen LogP contribution in [0.2, 0.25) is 0 Å². The second kappa shape index (κ2) is 6.07. The minimum Gasteiger partial charge on any atom is -0.457 e. The Bertz CT molecular complexity index is 920. The molecule has 6 rings (SSSR count). The zero-order chi connectivity index (χ0) is 18.6. The lowest BCUT2D eigenvalue weighted by molar-refractivity contribution is -0.168. The fraction of sp³-hybridized carbons (Fsp3) is 0.478. The van der Waals surface area contributed by atoms with Crippen molar-refractivity contribution in [2.75, 3.05) is 6.61 Å². The zero-order valence-electron chi connectivity index (χ0n) is 15.2. The van der Waals surface area contributed by atoms with E-state index in [2.05, 4.69) is 0 Å². The molecule has 4 aliphatic carbocycles. The lowest BCUT2D eigenvalue weighted by atomic mass is 9.49. The molecule has 4 bridgehead atoms. The van der Waals surface area contributed by atoms with E-state index in [1.165, 1.54) is 6.42 Å². The minimum atomic E-state index is -0.463. The van der Waals surface area contributed by atoms with Gasteiger partial charge in [0.15, 0.2) is 12.4 Å². The van der Waals surface area contributed by atoms with E-state index in [9.17, 15) is 9.59 Å². The molecule has 2 aromatic carbocycles. The smallest absolute Gasteiger partial charge is 0.312 e. The third kappa shape index (κ3) is 2.97. The fourth-order valence-corrected chi connectivity index (χ4v) is 6.81. The summed E-state index contributed by atoms with van der Waals surface area (Å²) in [7, 11) is 0. The van der Waals surface area contributed by atoms with Crippen LogP contribution in [0.25, 0.3) is 10.8 Å². The average Bonchev–Trinajstić information content (AvgIpc) is 2.63. The fourth-order valence-electron chi connectivity index (χ4n) is 6.12. The summed E-state index contributed by atoms with van der Waals surface area (Å²) < 4.78 is 5.55. The number of carbonyl (C=O) groups is 2. The molecule has 140 valence electrons. The Labute approximate surface area is 164 Å². The molecule has 0 N–H and O–H groups in total. The Hall–Kier alpha value is -1.87. The van der Waals surface area contributed by atoms with Crippen molar-refractivity contribution >= 4 is 34.1 Å².